The van der Waals surface area contributed by atoms with E-state index in [1.54, 1.807) is 19.1 Å². The molecule has 1 aromatic rings. The number of carbonyl (C=O) groups is 1. The van der Waals surface area contributed by atoms with Crippen LogP contribution in [0.1, 0.15) is 33.1 Å². The predicted molar refractivity (Wildman–Crippen MR) is 62.8 cm³/mol. The number of ether oxygens (including phenoxy) is 2. The number of esters is 1. The SMILES string of the molecule is CCCCOc1ccc(OC(=O)CC)cc1. The van der Waals surface area contributed by atoms with E-state index in [9.17, 15) is 4.79 Å². The minimum Gasteiger partial charge on any atom is -0.494 e. The number of carbonyl (C=O) groups excluding carboxylic acids is 1. The van der Waals surface area contributed by atoms with E-state index in [1.165, 1.54) is 0 Å². The molecular formula is C13H18O3. The first-order chi connectivity index (χ1) is 7.76. The Bertz CT molecular complexity index is 316. The van der Waals surface area contributed by atoms with Crippen LogP contribution < -0.4 is 9.47 Å². The summed E-state index contributed by atoms with van der Waals surface area (Å²) < 4.78 is 10.5. The minimum atomic E-state index is -0.223. The van der Waals surface area contributed by atoms with Gasteiger partial charge < -0.3 is 9.47 Å². The highest BCUT2D eigenvalue weighted by Gasteiger charge is 2.01. The van der Waals surface area contributed by atoms with E-state index in [0.717, 1.165) is 25.2 Å². The standard InChI is InChI=1S/C13H18O3/c1-3-5-10-15-11-6-8-12(9-7-11)16-13(14)4-2/h6-9H,3-5,10H2,1-2H3. The molecule has 0 amide bonds. The Balaban J connectivity index is 2.44. The fraction of sp³-hybridized carbons (Fsp3) is 0.462. The second-order valence-electron chi connectivity index (χ2n) is 3.50. The molecule has 88 valence electrons. The summed E-state index contributed by atoms with van der Waals surface area (Å²) in [7, 11) is 0. The Kier molecular flexibility index (Phi) is 5.40. The van der Waals surface area contributed by atoms with Gasteiger partial charge in [-0.1, -0.05) is 20.3 Å². The van der Waals surface area contributed by atoms with E-state index in [4.69, 9.17) is 9.47 Å². The van der Waals surface area contributed by atoms with E-state index >= 15 is 0 Å². The Labute approximate surface area is 96.4 Å². The van der Waals surface area contributed by atoms with Crippen molar-refractivity contribution in [2.45, 2.75) is 33.1 Å². The van der Waals surface area contributed by atoms with Crippen LogP contribution in [0.2, 0.25) is 0 Å². The van der Waals surface area contributed by atoms with E-state index in [-0.39, 0.29) is 5.97 Å². The van der Waals surface area contributed by atoms with Crippen molar-refractivity contribution in [3.63, 3.8) is 0 Å². The molecule has 0 aliphatic heterocycles. The van der Waals surface area contributed by atoms with Crippen LogP contribution in [-0.2, 0) is 4.79 Å². The zero-order valence-corrected chi connectivity index (χ0v) is 9.86. The van der Waals surface area contributed by atoms with Gasteiger partial charge in [0, 0.05) is 6.42 Å². The molecule has 0 N–H and O–H groups in total. The van der Waals surface area contributed by atoms with E-state index in [0.29, 0.717) is 12.2 Å². The molecule has 0 aliphatic rings. The Morgan fingerprint density at radius 1 is 1.12 bits per heavy atom. The largest absolute Gasteiger partial charge is 0.494 e. The third-order valence-corrected chi connectivity index (χ3v) is 2.11. The smallest absolute Gasteiger partial charge is 0.310 e. The first-order valence-corrected chi connectivity index (χ1v) is 5.69. The summed E-state index contributed by atoms with van der Waals surface area (Å²) in [5.74, 6) is 1.15. The summed E-state index contributed by atoms with van der Waals surface area (Å²) in [6, 6.07) is 7.12. The van der Waals surface area contributed by atoms with Gasteiger partial charge in [-0.15, -0.1) is 0 Å². The van der Waals surface area contributed by atoms with Gasteiger partial charge in [0.05, 0.1) is 6.61 Å². The predicted octanol–water partition coefficient (Wildman–Crippen LogP) is 3.18. The van der Waals surface area contributed by atoms with Gasteiger partial charge in [-0.25, -0.2) is 0 Å². The highest BCUT2D eigenvalue weighted by molar-refractivity contribution is 5.71. The molecule has 1 rings (SSSR count). The average molecular weight is 222 g/mol. The van der Waals surface area contributed by atoms with Crippen molar-refractivity contribution in [2.24, 2.45) is 0 Å². The fourth-order valence-corrected chi connectivity index (χ4v) is 1.14. The van der Waals surface area contributed by atoms with Crippen molar-refractivity contribution >= 4 is 5.97 Å². The summed E-state index contributed by atoms with van der Waals surface area (Å²) >= 11 is 0. The Morgan fingerprint density at radius 2 is 1.75 bits per heavy atom. The number of unbranched alkanes of at least 4 members (excludes halogenated alkanes) is 1. The van der Waals surface area contributed by atoms with Crippen LogP contribution in [0.4, 0.5) is 0 Å². The van der Waals surface area contributed by atoms with Crippen molar-refractivity contribution in [3.8, 4) is 11.5 Å². The summed E-state index contributed by atoms with van der Waals surface area (Å²) in [6.45, 7) is 4.62. The maximum Gasteiger partial charge on any atom is 0.310 e. The Morgan fingerprint density at radius 3 is 2.31 bits per heavy atom. The molecule has 3 nitrogen and oxygen atoms in total. The summed E-state index contributed by atoms with van der Waals surface area (Å²) in [5, 5.41) is 0. The van der Waals surface area contributed by atoms with Gasteiger partial charge in [0.2, 0.25) is 0 Å². The van der Waals surface area contributed by atoms with Crippen molar-refractivity contribution in [2.75, 3.05) is 6.61 Å². The van der Waals surface area contributed by atoms with Crippen molar-refractivity contribution in [1.29, 1.82) is 0 Å². The van der Waals surface area contributed by atoms with Gasteiger partial charge in [-0.05, 0) is 30.7 Å². The van der Waals surface area contributed by atoms with Crippen LogP contribution in [0.25, 0.3) is 0 Å². The maximum absolute atomic E-state index is 11.0. The lowest BCUT2D eigenvalue weighted by Gasteiger charge is -2.06. The number of hydrogen-bond acceptors (Lipinski definition) is 3. The van der Waals surface area contributed by atoms with E-state index < -0.39 is 0 Å². The highest BCUT2D eigenvalue weighted by Crippen LogP contribution is 2.18. The lowest BCUT2D eigenvalue weighted by molar-refractivity contribution is -0.134. The summed E-state index contributed by atoms with van der Waals surface area (Å²) in [5.41, 5.74) is 0. The normalized spacial score (nSPS) is 9.88. The van der Waals surface area contributed by atoms with Crippen LogP contribution in [0, 0.1) is 0 Å². The average Bonchev–Trinajstić information content (AvgIpc) is 2.31. The maximum atomic E-state index is 11.0. The van der Waals surface area contributed by atoms with E-state index in [2.05, 4.69) is 6.92 Å². The highest BCUT2D eigenvalue weighted by atomic mass is 16.5. The minimum absolute atomic E-state index is 0.223. The van der Waals surface area contributed by atoms with E-state index in [1.807, 2.05) is 12.1 Å². The topological polar surface area (TPSA) is 35.5 Å². The van der Waals surface area contributed by atoms with Crippen LogP contribution >= 0.6 is 0 Å². The molecule has 0 aromatic heterocycles. The molecule has 3 heteroatoms. The molecule has 0 aliphatic carbocycles. The van der Waals surface area contributed by atoms with Gasteiger partial charge in [0.25, 0.3) is 0 Å². The second kappa shape index (κ2) is 6.88. The lowest BCUT2D eigenvalue weighted by atomic mass is 10.3. The zero-order chi connectivity index (χ0) is 11.8. The molecule has 0 spiro atoms. The summed E-state index contributed by atoms with van der Waals surface area (Å²) in [4.78, 5) is 11.0. The molecule has 0 saturated heterocycles. The lowest BCUT2D eigenvalue weighted by Crippen LogP contribution is -2.05. The Hall–Kier alpha value is -1.51. The van der Waals surface area contributed by atoms with Crippen molar-refractivity contribution in [3.05, 3.63) is 24.3 Å². The zero-order valence-electron chi connectivity index (χ0n) is 9.86. The van der Waals surface area contributed by atoms with Gasteiger partial charge in [-0.2, -0.15) is 0 Å². The second-order valence-corrected chi connectivity index (χ2v) is 3.50. The van der Waals surface area contributed by atoms with Crippen LogP contribution in [0.15, 0.2) is 24.3 Å². The molecule has 0 heterocycles. The quantitative estimate of drug-likeness (QED) is 0.421. The third kappa shape index (κ3) is 4.34. The van der Waals surface area contributed by atoms with Gasteiger partial charge >= 0.3 is 5.97 Å². The van der Waals surface area contributed by atoms with Crippen molar-refractivity contribution in [1.82, 2.24) is 0 Å². The van der Waals surface area contributed by atoms with Gasteiger partial charge in [0.15, 0.2) is 0 Å². The fourth-order valence-electron chi connectivity index (χ4n) is 1.14. The molecule has 0 atom stereocenters. The van der Waals surface area contributed by atoms with Crippen molar-refractivity contribution < 1.29 is 14.3 Å². The molecule has 0 unspecified atom stereocenters. The third-order valence-electron chi connectivity index (χ3n) is 2.11. The molecular weight excluding hydrogens is 204 g/mol. The van der Waals surface area contributed by atoms with Gasteiger partial charge in [-0.3, -0.25) is 4.79 Å². The first kappa shape index (κ1) is 12.6. The van der Waals surface area contributed by atoms with Crippen LogP contribution in [0.5, 0.6) is 11.5 Å². The molecule has 1 aromatic carbocycles. The monoisotopic (exact) mass is 222 g/mol. The molecule has 16 heavy (non-hydrogen) atoms. The van der Waals surface area contributed by atoms with Crippen LogP contribution in [-0.4, -0.2) is 12.6 Å². The number of benzene rings is 1. The molecule has 0 saturated carbocycles. The number of rotatable bonds is 6. The van der Waals surface area contributed by atoms with Crippen LogP contribution in [0.3, 0.4) is 0 Å². The van der Waals surface area contributed by atoms with Gasteiger partial charge in [0.1, 0.15) is 11.5 Å². The molecule has 0 fully saturated rings. The number of hydrogen-bond donors (Lipinski definition) is 0. The molecule has 0 radical (unpaired) electrons. The first-order valence-electron chi connectivity index (χ1n) is 5.69. The summed E-state index contributed by atoms with van der Waals surface area (Å²) in [6.07, 6.45) is 2.55. The molecule has 0 bridgehead atoms.